The maximum atomic E-state index is 12.7. The summed E-state index contributed by atoms with van der Waals surface area (Å²) in [6.07, 6.45) is 1.49. The number of ether oxygens (including phenoxy) is 2. The predicted molar refractivity (Wildman–Crippen MR) is 79.9 cm³/mol. The summed E-state index contributed by atoms with van der Waals surface area (Å²) in [6.45, 7) is 5.39. The van der Waals surface area contributed by atoms with E-state index in [2.05, 4.69) is 19.1 Å². The van der Waals surface area contributed by atoms with Gasteiger partial charge in [0.15, 0.2) is 0 Å². The first-order chi connectivity index (χ1) is 10.2. The summed E-state index contributed by atoms with van der Waals surface area (Å²) in [7, 11) is 0. The molecule has 4 heteroatoms. The molecule has 1 amide bonds. The molecule has 0 unspecified atom stereocenters. The van der Waals surface area contributed by atoms with E-state index in [0.717, 1.165) is 18.4 Å². The molecule has 21 heavy (non-hydrogen) atoms. The molecule has 0 N–H and O–H groups in total. The maximum absolute atomic E-state index is 12.7. The predicted octanol–water partition coefficient (Wildman–Crippen LogP) is 2.54. The van der Waals surface area contributed by atoms with Gasteiger partial charge in [-0.3, -0.25) is 4.79 Å². The van der Waals surface area contributed by atoms with E-state index in [1.807, 2.05) is 30.0 Å². The van der Waals surface area contributed by atoms with Gasteiger partial charge in [-0.15, -0.1) is 0 Å². The molecule has 2 saturated heterocycles. The molecule has 1 aromatic carbocycles. The van der Waals surface area contributed by atoms with Gasteiger partial charge >= 0.3 is 0 Å². The van der Waals surface area contributed by atoms with E-state index in [4.69, 9.17) is 9.47 Å². The molecule has 0 aliphatic carbocycles. The molecule has 3 rings (SSSR count). The number of benzene rings is 1. The molecule has 2 heterocycles. The van der Waals surface area contributed by atoms with E-state index in [9.17, 15) is 4.79 Å². The normalized spacial score (nSPS) is 33.1. The Kier molecular flexibility index (Phi) is 4.27. The van der Waals surface area contributed by atoms with Crippen LogP contribution in [0, 0.1) is 0 Å². The van der Waals surface area contributed by atoms with Gasteiger partial charge in [0, 0.05) is 6.61 Å². The van der Waals surface area contributed by atoms with Crippen LogP contribution in [0.2, 0.25) is 0 Å². The third-order valence-electron chi connectivity index (χ3n) is 4.46. The van der Waals surface area contributed by atoms with Crippen LogP contribution in [0.5, 0.6) is 0 Å². The molecule has 1 aromatic rings. The molecule has 2 aliphatic heterocycles. The van der Waals surface area contributed by atoms with E-state index >= 15 is 0 Å². The Morgan fingerprint density at radius 2 is 1.95 bits per heavy atom. The highest BCUT2D eigenvalue weighted by atomic mass is 16.5. The lowest BCUT2D eigenvalue weighted by molar-refractivity contribution is -0.162. The molecule has 4 nitrogen and oxygen atoms in total. The molecule has 2 fully saturated rings. The quantitative estimate of drug-likeness (QED) is 0.840. The fourth-order valence-electron chi connectivity index (χ4n) is 3.38. The fourth-order valence-corrected chi connectivity index (χ4v) is 3.38. The minimum atomic E-state index is -0.260. The van der Waals surface area contributed by atoms with Gasteiger partial charge in [-0.1, -0.05) is 30.3 Å². The van der Waals surface area contributed by atoms with Crippen LogP contribution >= 0.6 is 0 Å². The molecule has 0 saturated carbocycles. The average molecular weight is 289 g/mol. The molecular formula is C17H23NO3. The molecule has 0 radical (unpaired) electrons. The molecule has 4 atom stereocenters. The molecule has 0 spiro atoms. The highest BCUT2D eigenvalue weighted by Crippen LogP contribution is 2.32. The van der Waals surface area contributed by atoms with E-state index in [1.54, 1.807) is 0 Å². The van der Waals surface area contributed by atoms with Gasteiger partial charge in [-0.05, 0) is 32.3 Å². The molecule has 2 aliphatic rings. The number of hydrogen-bond donors (Lipinski definition) is 0. The Balaban J connectivity index is 1.80. The van der Waals surface area contributed by atoms with Gasteiger partial charge in [0.05, 0.1) is 18.7 Å². The van der Waals surface area contributed by atoms with Crippen LogP contribution in [0.4, 0.5) is 0 Å². The van der Waals surface area contributed by atoms with Gasteiger partial charge in [-0.25, -0.2) is 0 Å². The minimum absolute atomic E-state index is 0.0212. The van der Waals surface area contributed by atoms with Crippen LogP contribution in [0.3, 0.4) is 0 Å². The van der Waals surface area contributed by atoms with E-state index in [-0.39, 0.29) is 30.2 Å². The molecule has 0 bridgehead atoms. The Morgan fingerprint density at radius 3 is 2.62 bits per heavy atom. The molecule has 0 aromatic heterocycles. The van der Waals surface area contributed by atoms with Gasteiger partial charge in [0.1, 0.15) is 12.2 Å². The van der Waals surface area contributed by atoms with Crippen molar-refractivity contribution in [1.82, 2.24) is 4.90 Å². The topological polar surface area (TPSA) is 38.8 Å². The van der Waals surface area contributed by atoms with E-state index in [0.29, 0.717) is 13.2 Å². The second-order valence-corrected chi connectivity index (χ2v) is 6.00. The largest absolute Gasteiger partial charge is 0.369 e. The van der Waals surface area contributed by atoms with Crippen molar-refractivity contribution < 1.29 is 14.3 Å². The van der Waals surface area contributed by atoms with Crippen molar-refractivity contribution in [2.75, 3.05) is 13.2 Å². The lowest BCUT2D eigenvalue weighted by atomic mass is 9.97. The zero-order valence-electron chi connectivity index (χ0n) is 12.7. The Labute approximate surface area is 126 Å². The molecular weight excluding hydrogens is 266 g/mol. The van der Waals surface area contributed by atoms with Crippen molar-refractivity contribution in [3.63, 3.8) is 0 Å². The highest BCUT2D eigenvalue weighted by molar-refractivity contribution is 5.82. The van der Waals surface area contributed by atoms with Gasteiger partial charge in [0.25, 0.3) is 5.91 Å². The summed E-state index contributed by atoms with van der Waals surface area (Å²) < 4.78 is 11.6. The third kappa shape index (κ3) is 2.83. The number of nitrogens with zero attached hydrogens (tertiary/aromatic N) is 1. The lowest BCUT2D eigenvalue weighted by Gasteiger charge is -2.44. The minimum Gasteiger partial charge on any atom is -0.369 e. The summed E-state index contributed by atoms with van der Waals surface area (Å²) in [6, 6.07) is 10.3. The Morgan fingerprint density at radius 1 is 1.19 bits per heavy atom. The fraction of sp³-hybridized carbons (Fsp3) is 0.588. The second kappa shape index (κ2) is 6.16. The van der Waals surface area contributed by atoms with Crippen LogP contribution < -0.4 is 0 Å². The highest BCUT2D eigenvalue weighted by Gasteiger charge is 2.40. The number of morpholine rings is 1. The summed E-state index contributed by atoms with van der Waals surface area (Å²) in [5.41, 5.74) is 1.13. The van der Waals surface area contributed by atoms with Crippen molar-refractivity contribution in [2.45, 2.75) is 51.0 Å². The van der Waals surface area contributed by atoms with Gasteiger partial charge in [0.2, 0.25) is 0 Å². The molecule has 114 valence electrons. The van der Waals surface area contributed by atoms with Crippen molar-refractivity contribution in [2.24, 2.45) is 0 Å². The third-order valence-corrected chi connectivity index (χ3v) is 4.46. The lowest BCUT2D eigenvalue weighted by Crippen LogP contribution is -2.56. The number of rotatable bonds is 2. The summed E-state index contributed by atoms with van der Waals surface area (Å²) in [4.78, 5) is 14.7. The van der Waals surface area contributed by atoms with Crippen LogP contribution in [0.25, 0.3) is 0 Å². The standard InChI is InChI=1S/C17H23NO3/c1-12-11-21-16(14-7-4-3-5-8-14)13(2)18(12)17(19)15-9-6-10-20-15/h3-5,7-8,12-13,15-16H,6,9-11H2,1-2H3/t12-,13+,15-,16+/m1/s1. The van der Waals surface area contributed by atoms with E-state index < -0.39 is 0 Å². The van der Waals surface area contributed by atoms with Gasteiger partial charge in [-0.2, -0.15) is 0 Å². The monoisotopic (exact) mass is 289 g/mol. The Bertz CT molecular complexity index is 484. The van der Waals surface area contributed by atoms with Crippen LogP contribution in [-0.2, 0) is 14.3 Å². The first-order valence-corrected chi connectivity index (χ1v) is 7.79. The summed E-state index contributed by atoms with van der Waals surface area (Å²) >= 11 is 0. The summed E-state index contributed by atoms with van der Waals surface area (Å²) in [5, 5.41) is 0. The second-order valence-electron chi connectivity index (χ2n) is 6.00. The first kappa shape index (κ1) is 14.5. The number of carbonyl (C=O) groups excluding carboxylic acids is 1. The SMILES string of the molecule is C[C@@H]1CO[C@H](c2ccccc2)[C@H](C)N1C(=O)[C@H]1CCCO1. The zero-order valence-corrected chi connectivity index (χ0v) is 12.7. The number of hydrogen-bond acceptors (Lipinski definition) is 3. The van der Waals surface area contributed by atoms with Crippen LogP contribution in [0.15, 0.2) is 30.3 Å². The van der Waals surface area contributed by atoms with Gasteiger partial charge < -0.3 is 14.4 Å². The average Bonchev–Trinajstić information content (AvgIpc) is 3.02. The Hall–Kier alpha value is -1.39. The smallest absolute Gasteiger partial charge is 0.252 e. The van der Waals surface area contributed by atoms with Crippen molar-refractivity contribution in [1.29, 1.82) is 0 Å². The van der Waals surface area contributed by atoms with E-state index in [1.165, 1.54) is 0 Å². The summed E-state index contributed by atoms with van der Waals surface area (Å²) in [5.74, 6) is 0.122. The maximum Gasteiger partial charge on any atom is 0.252 e. The van der Waals surface area contributed by atoms with Crippen molar-refractivity contribution in [3.05, 3.63) is 35.9 Å². The van der Waals surface area contributed by atoms with Crippen LogP contribution in [-0.4, -0.2) is 42.2 Å². The van der Waals surface area contributed by atoms with Crippen molar-refractivity contribution >= 4 is 5.91 Å². The first-order valence-electron chi connectivity index (χ1n) is 7.79. The number of amides is 1. The van der Waals surface area contributed by atoms with Crippen LogP contribution in [0.1, 0.15) is 38.4 Å². The van der Waals surface area contributed by atoms with Crippen molar-refractivity contribution in [3.8, 4) is 0 Å². The number of carbonyl (C=O) groups is 1. The zero-order chi connectivity index (χ0) is 14.8.